The van der Waals surface area contributed by atoms with Gasteiger partial charge in [-0.15, -0.1) is 0 Å². The summed E-state index contributed by atoms with van der Waals surface area (Å²) in [6.45, 7) is 6.94. The first-order chi connectivity index (χ1) is 32.6. The highest BCUT2D eigenvalue weighted by Gasteiger charge is 2.17. The van der Waals surface area contributed by atoms with E-state index in [1.165, 1.54) is 30.6 Å². The fourth-order valence-corrected chi connectivity index (χ4v) is 9.31. The molecule has 4 aromatic carbocycles. The van der Waals surface area contributed by atoms with Crippen LogP contribution in [0.4, 0.5) is 11.4 Å². The van der Waals surface area contributed by atoms with Gasteiger partial charge in [0.25, 0.3) is 0 Å². The summed E-state index contributed by atoms with van der Waals surface area (Å²) in [7, 11) is 0. The van der Waals surface area contributed by atoms with E-state index in [0.29, 0.717) is 6.54 Å². The maximum atomic E-state index is 9.44. The average Bonchev–Trinajstić information content (AvgIpc) is 4.03. The molecule has 12 rings (SSSR count). The molecule has 6 aromatic heterocycles. The van der Waals surface area contributed by atoms with Crippen LogP contribution in [0.15, 0.2) is 147 Å². The summed E-state index contributed by atoms with van der Waals surface area (Å²) in [6, 6.07) is 33.5. The third kappa shape index (κ3) is 8.08. The molecule has 328 valence electrons. The maximum Gasteiger partial charge on any atom is 0.162 e. The normalized spacial score (nSPS) is 14.3. The number of piperazine rings is 1. The number of aromatic nitrogens is 8. The van der Waals surface area contributed by atoms with E-state index in [1.54, 1.807) is 6.20 Å². The van der Waals surface area contributed by atoms with Crippen LogP contribution >= 0.6 is 0 Å². The Morgan fingerprint density at radius 2 is 1.00 bits per heavy atom. The summed E-state index contributed by atoms with van der Waals surface area (Å²) in [5.41, 5.74) is 22.1. The number of fused-ring (bicyclic) bond motifs is 4. The number of rotatable bonds is 8. The van der Waals surface area contributed by atoms with E-state index in [2.05, 4.69) is 95.9 Å². The highest BCUT2D eigenvalue weighted by atomic mass is 16.3. The van der Waals surface area contributed by atoms with Crippen LogP contribution in [-0.4, -0.2) is 83.5 Å². The van der Waals surface area contributed by atoms with Crippen molar-refractivity contribution in [2.75, 3.05) is 49.1 Å². The molecule has 0 radical (unpaired) electrons. The number of anilines is 2. The topological polar surface area (TPSA) is 151 Å². The fourth-order valence-electron chi connectivity index (χ4n) is 9.31. The molecule has 4 N–H and O–H groups in total. The molecule has 2 aliphatic heterocycles. The van der Waals surface area contributed by atoms with E-state index in [9.17, 15) is 5.11 Å². The molecule has 0 bridgehead atoms. The maximum absolute atomic E-state index is 9.44. The molecule has 10 aromatic rings. The van der Waals surface area contributed by atoms with Gasteiger partial charge in [0, 0.05) is 127 Å². The number of benzene rings is 4. The fraction of sp³-hybridized carbons (Fsp3) is 0.208. The van der Waals surface area contributed by atoms with Crippen LogP contribution in [0.2, 0.25) is 0 Å². The van der Waals surface area contributed by atoms with Crippen molar-refractivity contribution in [1.29, 1.82) is 0 Å². The van der Waals surface area contributed by atoms with E-state index >= 15 is 0 Å². The lowest BCUT2D eigenvalue weighted by atomic mass is 10.0. The average molecular weight is 871 g/mol. The van der Waals surface area contributed by atoms with Gasteiger partial charge in [0.1, 0.15) is 0 Å². The number of aliphatic hydroxyl groups is 1. The quantitative estimate of drug-likeness (QED) is 0.135. The SMILES string of the molecule is NCc1ccc2c(-c3cnn4cc(-c5ccc(N6CCNCC6)cc5)cnc34)ccnc2c1.OCc1ccc2c(-c3cnn4cc(-c5ccc(N6CCCCC6)cc5)cnc34)ccnc2c1. The molecule has 66 heavy (non-hydrogen) atoms. The predicted octanol–water partition coefficient (Wildman–Crippen LogP) is 8.57. The van der Waals surface area contributed by atoms with Gasteiger partial charge in [-0.05, 0) is 101 Å². The third-order valence-corrected chi connectivity index (χ3v) is 12.9. The largest absolute Gasteiger partial charge is 0.392 e. The Labute approximate surface area is 382 Å². The van der Waals surface area contributed by atoms with Crippen molar-refractivity contribution >= 4 is 44.5 Å². The third-order valence-electron chi connectivity index (χ3n) is 12.9. The molecule has 0 spiro atoms. The molecular formula is C53H50N12O. The van der Waals surface area contributed by atoms with Gasteiger partial charge < -0.3 is 26.0 Å². The van der Waals surface area contributed by atoms with Gasteiger partial charge in [0.15, 0.2) is 11.3 Å². The van der Waals surface area contributed by atoms with Crippen molar-refractivity contribution in [3.05, 3.63) is 158 Å². The molecule has 0 atom stereocenters. The molecule has 2 aliphatic rings. The van der Waals surface area contributed by atoms with E-state index in [4.69, 9.17) is 15.7 Å². The Hall–Kier alpha value is -7.58. The molecule has 8 heterocycles. The summed E-state index contributed by atoms with van der Waals surface area (Å²) in [4.78, 5) is 23.4. The molecular weight excluding hydrogens is 821 g/mol. The number of aliphatic hydroxyl groups excluding tert-OH is 1. The van der Waals surface area contributed by atoms with Crippen molar-refractivity contribution < 1.29 is 5.11 Å². The van der Waals surface area contributed by atoms with Gasteiger partial charge in [0.2, 0.25) is 0 Å². The summed E-state index contributed by atoms with van der Waals surface area (Å²) in [5.74, 6) is 0. The Balaban J connectivity index is 0.000000146. The second kappa shape index (κ2) is 18.1. The van der Waals surface area contributed by atoms with E-state index in [1.807, 2.05) is 88.8 Å². The Morgan fingerprint density at radius 3 is 1.52 bits per heavy atom. The van der Waals surface area contributed by atoms with Gasteiger partial charge >= 0.3 is 0 Å². The molecule has 0 amide bonds. The lowest BCUT2D eigenvalue weighted by Crippen LogP contribution is -2.43. The highest BCUT2D eigenvalue weighted by Crippen LogP contribution is 2.34. The van der Waals surface area contributed by atoms with Crippen molar-refractivity contribution in [3.63, 3.8) is 0 Å². The number of piperidine rings is 1. The van der Waals surface area contributed by atoms with Crippen molar-refractivity contribution in [3.8, 4) is 44.5 Å². The van der Waals surface area contributed by atoms with Gasteiger partial charge in [-0.3, -0.25) is 9.97 Å². The van der Waals surface area contributed by atoms with Crippen LogP contribution in [0.3, 0.4) is 0 Å². The van der Waals surface area contributed by atoms with Gasteiger partial charge in [-0.1, -0.05) is 48.5 Å². The second-order valence-electron chi connectivity index (χ2n) is 17.0. The molecule has 2 fully saturated rings. The van der Waals surface area contributed by atoms with Gasteiger partial charge in [0.05, 0.1) is 30.0 Å². The zero-order chi connectivity index (χ0) is 44.4. The Morgan fingerprint density at radius 1 is 0.500 bits per heavy atom. The standard InChI is InChI=1S/C27H25N5O.C26H25N7/c33-18-19-4-9-24-23(10-11-28-26(24)14-19)25-16-30-32-17-21(15-29-27(25)32)20-5-7-22(8-6-20)31-12-2-1-3-13-31;27-14-18-1-6-23-22(7-8-29-25(23)13-18)24-16-31-33-17-20(15-30-26(24)33)19-2-4-21(5-3-19)32-11-9-28-10-12-32/h4-11,14-17,33H,1-3,12-13,18H2;1-8,13,15-17,28H,9-12,14,27H2. The molecule has 13 heteroatoms. The molecule has 13 nitrogen and oxygen atoms in total. The first-order valence-corrected chi connectivity index (χ1v) is 22.8. The summed E-state index contributed by atoms with van der Waals surface area (Å²) in [6.07, 6.45) is 19.2. The predicted molar refractivity (Wildman–Crippen MR) is 263 cm³/mol. The highest BCUT2D eigenvalue weighted by molar-refractivity contribution is 5.99. The second-order valence-corrected chi connectivity index (χ2v) is 17.0. The lowest BCUT2D eigenvalue weighted by molar-refractivity contribution is 0.282. The van der Waals surface area contributed by atoms with Crippen LogP contribution in [0.25, 0.3) is 77.6 Å². The minimum atomic E-state index is 0.00189. The monoisotopic (exact) mass is 870 g/mol. The number of pyridine rings is 2. The number of hydrogen-bond acceptors (Lipinski definition) is 11. The van der Waals surface area contributed by atoms with E-state index in [-0.39, 0.29) is 6.61 Å². The molecule has 0 saturated carbocycles. The van der Waals surface area contributed by atoms with Crippen LogP contribution in [0, 0.1) is 0 Å². The molecule has 0 aliphatic carbocycles. The Kier molecular flexibility index (Phi) is 11.3. The summed E-state index contributed by atoms with van der Waals surface area (Å²) >= 11 is 0. The first kappa shape index (κ1) is 41.1. The Bertz CT molecular complexity index is 3090. The van der Waals surface area contributed by atoms with Crippen molar-refractivity contribution in [1.82, 2.24) is 44.5 Å². The lowest BCUT2D eigenvalue weighted by Gasteiger charge is -2.29. The first-order valence-electron chi connectivity index (χ1n) is 22.8. The number of nitrogens with zero attached hydrogens (tertiary/aromatic N) is 10. The smallest absolute Gasteiger partial charge is 0.162 e. The molecule has 0 unspecified atom stereocenters. The van der Waals surface area contributed by atoms with Crippen LogP contribution in [0.1, 0.15) is 30.4 Å². The van der Waals surface area contributed by atoms with Crippen molar-refractivity contribution in [2.24, 2.45) is 5.73 Å². The van der Waals surface area contributed by atoms with E-state index in [0.717, 1.165) is 128 Å². The zero-order valence-corrected chi connectivity index (χ0v) is 36.6. The zero-order valence-electron chi connectivity index (χ0n) is 36.6. The number of hydrogen-bond donors (Lipinski definition) is 3. The minimum Gasteiger partial charge on any atom is -0.392 e. The van der Waals surface area contributed by atoms with Crippen LogP contribution in [-0.2, 0) is 13.2 Å². The van der Waals surface area contributed by atoms with E-state index < -0.39 is 0 Å². The van der Waals surface area contributed by atoms with Crippen molar-refractivity contribution in [2.45, 2.75) is 32.4 Å². The minimum absolute atomic E-state index is 0.00189. The number of nitrogens with two attached hydrogens (primary N) is 1. The van der Waals surface area contributed by atoms with Gasteiger partial charge in [-0.2, -0.15) is 10.2 Å². The van der Waals surface area contributed by atoms with Crippen LogP contribution in [0.5, 0.6) is 0 Å². The summed E-state index contributed by atoms with van der Waals surface area (Å²) in [5, 5.41) is 24.1. The van der Waals surface area contributed by atoms with Crippen LogP contribution < -0.4 is 20.9 Å². The number of nitrogens with one attached hydrogen (secondary N) is 1. The van der Waals surface area contributed by atoms with Gasteiger partial charge in [-0.25, -0.2) is 19.0 Å². The molecule has 2 saturated heterocycles. The summed E-state index contributed by atoms with van der Waals surface area (Å²) < 4.78 is 3.70.